The lowest BCUT2D eigenvalue weighted by Crippen LogP contribution is -2.10. The normalized spacial score (nSPS) is 11.5. The van der Waals surface area contributed by atoms with E-state index in [1.165, 1.54) is 4.40 Å². The zero-order valence-electron chi connectivity index (χ0n) is 10.9. The number of aliphatic hydroxyl groups is 1. The predicted molar refractivity (Wildman–Crippen MR) is 82.6 cm³/mol. The topological polar surface area (TPSA) is 70.4 Å². The predicted octanol–water partition coefficient (Wildman–Crippen LogP) is 2.40. The molecule has 4 rings (SSSR count). The highest BCUT2D eigenvalue weighted by molar-refractivity contribution is 7.13. The summed E-state index contributed by atoms with van der Waals surface area (Å²) in [6.07, 6.45) is 0. The summed E-state index contributed by atoms with van der Waals surface area (Å²) >= 11 is 1.65. The van der Waals surface area contributed by atoms with E-state index in [1.807, 2.05) is 41.8 Å². The van der Waals surface area contributed by atoms with Gasteiger partial charge in [-0.15, -0.1) is 11.3 Å². The lowest BCUT2D eigenvalue weighted by molar-refractivity contribution is 0.283. The molecule has 0 saturated carbocycles. The molecule has 0 aliphatic heterocycles. The smallest absolute Gasteiger partial charge is 0.348 e. The van der Waals surface area contributed by atoms with Gasteiger partial charge in [0, 0.05) is 10.4 Å². The second kappa shape index (κ2) is 4.54. The summed E-state index contributed by atoms with van der Waals surface area (Å²) in [4.78, 5) is 13.2. The van der Waals surface area contributed by atoms with Gasteiger partial charge >= 0.3 is 5.69 Å². The summed E-state index contributed by atoms with van der Waals surface area (Å²) in [6.45, 7) is -0.156. The molecule has 0 aliphatic carbocycles. The van der Waals surface area contributed by atoms with Crippen molar-refractivity contribution in [3.8, 4) is 10.4 Å². The molecule has 2 N–H and O–H groups in total. The summed E-state index contributed by atoms with van der Waals surface area (Å²) < 4.78 is 1.51. The van der Waals surface area contributed by atoms with Crippen molar-refractivity contribution in [3.63, 3.8) is 0 Å². The van der Waals surface area contributed by atoms with Gasteiger partial charge in [-0.05, 0) is 34.5 Å². The number of hydrogen-bond acceptors (Lipinski definition) is 4. The monoisotopic (exact) mass is 297 g/mol. The fourth-order valence-corrected chi connectivity index (χ4v) is 3.28. The maximum atomic E-state index is 12.0. The van der Waals surface area contributed by atoms with Crippen LogP contribution in [-0.4, -0.2) is 19.7 Å². The molecule has 0 saturated heterocycles. The number of hydrogen-bond donors (Lipinski definition) is 2. The van der Waals surface area contributed by atoms with Crippen molar-refractivity contribution in [3.05, 3.63) is 57.8 Å². The molecule has 0 atom stereocenters. The number of benzene rings is 1. The van der Waals surface area contributed by atoms with Crippen molar-refractivity contribution in [1.29, 1.82) is 0 Å². The molecule has 0 radical (unpaired) electrons. The maximum absolute atomic E-state index is 12.0. The number of H-pyrrole nitrogens is 1. The molecule has 21 heavy (non-hydrogen) atoms. The van der Waals surface area contributed by atoms with Crippen molar-refractivity contribution >= 4 is 27.9 Å². The van der Waals surface area contributed by atoms with Crippen LogP contribution in [0.3, 0.4) is 0 Å². The first kappa shape index (κ1) is 12.3. The third kappa shape index (κ3) is 1.80. The van der Waals surface area contributed by atoms with E-state index in [9.17, 15) is 9.90 Å². The Morgan fingerprint density at radius 2 is 2.19 bits per heavy atom. The third-order valence-electron chi connectivity index (χ3n) is 3.54. The second-order valence-corrected chi connectivity index (χ2v) is 5.71. The molecule has 3 heterocycles. The van der Waals surface area contributed by atoms with Crippen LogP contribution in [0.25, 0.3) is 27.0 Å². The number of aliphatic hydroxyl groups excluding tert-OH is 1. The number of aromatic amines is 1. The van der Waals surface area contributed by atoms with Crippen LogP contribution in [0.4, 0.5) is 0 Å². The fourth-order valence-electron chi connectivity index (χ4n) is 2.56. The van der Waals surface area contributed by atoms with Crippen molar-refractivity contribution in [2.24, 2.45) is 0 Å². The van der Waals surface area contributed by atoms with Crippen molar-refractivity contribution < 1.29 is 5.11 Å². The van der Waals surface area contributed by atoms with E-state index in [1.54, 1.807) is 11.3 Å². The highest BCUT2D eigenvalue weighted by Crippen LogP contribution is 2.28. The second-order valence-electron chi connectivity index (χ2n) is 4.77. The van der Waals surface area contributed by atoms with E-state index in [-0.39, 0.29) is 12.3 Å². The Morgan fingerprint density at radius 1 is 1.29 bits per heavy atom. The number of nitrogens with zero attached hydrogens (tertiary/aromatic N) is 2. The number of rotatable bonds is 2. The Bertz CT molecular complexity index is 999. The molecule has 0 aliphatic rings. The van der Waals surface area contributed by atoms with Gasteiger partial charge in [-0.1, -0.05) is 18.2 Å². The first-order valence-corrected chi connectivity index (χ1v) is 7.33. The molecule has 104 valence electrons. The van der Waals surface area contributed by atoms with Crippen molar-refractivity contribution in [2.75, 3.05) is 0 Å². The fraction of sp³-hybridized carbons (Fsp3) is 0.0667. The third-order valence-corrected chi connectivity index (χ3v) is 4.46. The van der Waals surface area contributed by atoms with Gasteiger partial charge in [0.1, 0.15) is 0 Å². The van der Waals surface area contributed by atoms with Crippen molar-refractivity contribution in [2.45, 2.75) is 6.61 Å². The van der Waals surface area contributed by atoms with Gasteiger partial charge in [0.25, 0.3) is 0 Å². The molecule has 1 aromatic carbocycles. The molecule has 0 spiro atoms. The Kier molecular flexibility index (Phi) is 2.66. The quantitative estimate of drug-likeness (QED) is 0.597. The van der Waals surface area contributed by atoms with Gasteiger partial charge in [0.2, 0.25) is 0 Å². The van der Waals surface area contributed by atoms with E-state index in [2.05, 4.69) is 10.2 Å². The number of nitrogens with one attached hydrogen (secondary N) is 1. The van der Waals surface area contributed by atoms with Crippen LogP contribution >= 0.6 is 11.3 Å². The molecule has 3 aromatic heterocycles. The average Bonchev–Trinajstić information content (AvgIpc) is 3.16. The van der Waals surface area contributed by atoms with Gasteiger partial charge in [-0.25, -0.2) is 14.3 Å². The highest BCUT2D eigenvalue weighted by atomic mass is 32.1. The van der Waals surface area contributed by atoms with Gasteiger partial charge in [0.05, 0.1) is 12.1 Å². The van der Waals surface area contributed by atoms with Crippen LogP contribution in [0, 0.1) is 0 Å². The minimum atomic E-state index is -0.298. The first-order chi connectivity index (χ1) is 10.3. The summed E-state index contributed by atoms with van der Waals surface area (Å²) in [5.41, 5.74) is 2.65. The van der Waals surface area contributed by atoms with E-state index in [0.29, 0.717) is 11.2 Å². The Balaban J connectivity index is 2.13. The minimum Gasteiger partial charge on any atom is -0.392 e. The summed E-state index contributed by atoms with van der Waals surface area (Å²) in [5.74, 6) is 0. The molecule has 0 amide bonds. The van der Waals surface area contributed by atoms with Gasteiger partial charge < -0.3 is 5.11 Å². The maximum Gasteiger partial charge on any atom is 0.348 e. The van der Waals surface area contributed by atoms with E-state index in [0.717, 1.165) is 21.3 Å². The van der Waals surface area contributed by atoms with Crippen LogP contribution < -0.4 is 5.69 Å². The molecular formula is C15H11N3O2S. The Hall–Kier alpha value is -2.44. The first-order valence-electron chi connectivity index (χ1n) is 6.45. The van der Waals surface area contributed by atoms with Crippen LogP contribution in [0.2, 0.25) is 0 Å². The summed E-state index contributed by atoms with van der Waals surface area (Å²) in [5, 5.41) is 18.8. The zero-order chi connectivity index (χ0) is 14.4. The van der Waals surface area contributed by atoms with E-state index in [4.69, 9.17) is 0 Å². The van der Waals surface area contributed by atoms with Gasteiger partial charge in [-0.2, -0.15) is 5.10 Å². The lowest BCUT2D eigenvalue weighted by atomic mass is 10.1. The van der Waals surface area contributed by atoms with Crippen LogP contribution in [0.1, 0.15) is 5.56 Å². The Morgan fingerprint density at radius 3 is 2.95 bits per heavy atom. The van der Waals surface area contributed by atoms with Gasteiger partial charge in [0.15, 0.2) is 5.65 Å². The van der Waals surface area contributed by atoms with E-state index >= 15 is 0 Å². The lowest BCUT2D eigenvalue weighted by Gasteiger charge is -2.06. The molecule has 0 fully saturated rings. The SMILES string of the molecule is O=c1[nH]nc2c(CO)cc3ccc(-c4cccs4)cc3n12. The summed E-state index contributed by atoms with van der Waals surface area (Å²) in [7, 11) is 0. The number of fused-ring (bicyclic) bond motifs is 3. The molecule has 6 heteroatoms. The van der Waals surface area contributed by atoms with Crippen molar-refractivity contribution in [1.82, 2.24) is 14.6 Å². The standard InChI is InChI=1S/C15H11N3O2S/c19-8-11-6-9-3-4-10(13-2-1-5-21-13)7-12(9)18-14(11)16-17-15(18)20/h1-7,19H,8H2,(H,17,20). The minimum absolute atomic E-state index is 0.156. The number of thiophene rings is 1. The molecule has 4 aromatic rings. The van der Waals surface area contributed by atoms with E-state index < -0.39 is 0 Å². The zero-order valence-corrected chi connectivity index (χ0v) is 11.7. The summed E-state index contributed by atoms with van der Waals surface area (Å²) in [6, 6.07) is 11.9. The van der Waals surface area contributed by atoms with Crippen LogP contribution in [-0.2, 0) is 6.61 Å². The van der Waals surface area contributed by atoms with Crippen LogP contribution in [0.5, 0.6) is 0 Å². The Labute approximate surface area is 123 Å². The molecule has 0 unspecified atom stereocenters. The largest absolute Gasteiger partial charge is 0.392 e. The van der Waals surface area contributed by atoms with Gasteiger partial charge in [-0.3, -0.25) is 0 Å². The molecule has 5 nitrogen and oxygen atoms in total. The number of pyridine rings is 1. The average molecular weight is 297 g/mol. The molecular weight excluding hydrogens is 286 g/mol. The number of aromatic nitrogens is 3. The van der Waals surface area contributed by atoms with Crippen LogP contribution in [0.15, 0.2) is 46.6 Å². The molecule has 0 bridgehead atoms. The highest BCUT2D eigenvalue weighted by Gasteiger charge is 2.11.